The number of rotatable bonds is 6. The summed E-state index contributed by atoms with van der Waals surface area (Å²) in [6.07, 6.45) is 5.93. The zero-order valence-corrected chi connectivity index (χ0v) is 12.9. The molecule has 2 aliphatic rings. The first-order valence-corrected chi connectivity index (χ1v) is 9.53. The predicted molar refractivity (Wildman–Crippen MR) is 79.1 cm³/mol. The Kier molecular flexibility index (Phi) is 5.66. The van der Waals surface area contributed by atoms with Crippen LogP contribution in [-0.2, 0) is 9.84 Å². The van der Waals surface area contributed by atoms with Gasteiger partial charge in [-0.3, -0.25) is 0 Å². The summed E-state index contributed by atoms with van der Waals surface area (Å²) in [5.41, 5.74) is 0. The summed E-state index contributed by atoms with van der Waals surface area (Å²) >= 11 is 0. The average Bonchev–Trinajstić information content (AvgIpc) is 2.70. The van der Waals surface area contributed by atoms with E-state index in [-0.39, 0.29) is 0 Å². The normalized spacial score (nSPS) is 29.4. The lowest BCUT2D eigenvalue weighted by Crippen LogP contribution is -2.42. The standard InChI is InChI=1S/C14H28N2O2S/c1-13(11-16-8-3-2-4-9-16)15-7-5-14-6-10-19(17,18)12-14/h13-15H,2-12H2,1H3. The van der Waals surface area contributed by atoms with Crippen LogP contribution in [0.25, 0.3) is 0 Å². The molecule has 112 valence electrons. The first-order valence-electron chi connectivity index (χ1n) is 7.71. The van der Waals surface area contributed by atoms with Crippen LogP contribution in [0.3, 0.4) is 0 Å². The van der Waals surface area contributed by atoms with E-state index in [2.05, 4.69) is 17.1 Å². The summed E-state index contributed by atoms with van der Waals surface area (Å²) in [4.78, 5) is 2.54. The summed E-state index contributed by atoms with van der Waals surface area (Å²) in [7, 11) is -2.70. The van der Waals surface area contributed by atoms with Crippen molar-refractivity contribution >= 4 is 9.84 Å². The number of likely N-dealkylation sites (tertiary alicyclic amines) is 1. The number of piperidine rings is 1. The maximum Gasteiger partial charge on any atom is 0.150 e. The topological polar surface area (TPSA) is 49.4 Å². The van der Waals surface area contributed by atoms with Gasteiger partial charge >= 0.3 is 0 Å². The van der Waals surface area contributed by atoms with Crippen LogP contribution in [0.15, 0.2) is 0 Å². The Hall–Kier alpha value is -0.130. The van der Waals surface area contributed by atoms with Gasteiger partial charge in [-0.25, -0.2) is 8.42 Å². The first kappa shape index (κ1) is 15.3. The highest BCUT2D eigenvalue weighted by atomic mass is 32.2. The van der Waals surface area contributed by atoms with Gasteiger partial charge in [0.05, 0.1) is 11.5 Å². The summed E-state index contributed by atoms with van der Waals surface area (Å²) < 4.78 is 22.7. The lowest BCUT2D eigenvalue weighted by atomic mass is 10.1. The van der Waals surface area contributed by atoms with E-state index < -0.39 is 9.84 Å². The third-order valence-corrected chi connectivity index (χ3v) is 6.19. The van der Waals surface area contributed by atoms with Crippen molar-refractivity contribution in [1.29, 1.82) is 0 Å². The predicted octanol–water partition coefficient (Wildman–Crippen LogP) is 1.28. The number of sulfone groups is 1. The maximum atomic E-state index is 11.4. The molecule has 0 aromatic rings. The molecule has 0 aliphatic carbocycles. The van der Waals surface area contributed by atoms with Crippen molar-refractivity contribution in [2.75, 3.05) is 37.7 Å². The SMILES string of the molecule is CC(CN1CCCCC1)NCCC1CCS(=O)(=O)C1. The summed E-state index contributed by atoms with van der Waals surface area (Å²) in [6, 6.07) is 0.510. The van der Waals surface area contributed by atoms with Crippen LogP contribution in [0.1, 0.15) is 39.0 Å². The van der Waals surface area contributed by atoms with Gasteiger partial charge in [-0.15, -0.1) is 0 Å². The van der Waals surface area contributed by atoms with E-state index in [1.807, 2.05) is 0 Å². The minimum Gasteiger partial charge on any atom is -0.313 e. The van der Waals surface area contributed by atoms with E-state index in [0.717, 1.165) is 25.9 Å². The molecule has 0 saturated carbocycles. The largest absolute Gasteiger partial charge is 0.313 e. The highest BCUT2D eigenvalue weighted by molar-refractivity contribution is 7.91. The van der Waals surface area contributed by atoms with Crippen LogP contribution in [0, 0.1) is 5.92 Å². The molecule has 4 nitrogen and oxygen atoms in total. The molecule has 2 unspecified atom stereocenters. The Morgan fingerprint density at radius 3 is 2.63 bits per heavy atom. The van der Waals surface area contributed by atoms with E-state index in [4.69, 9.17) is 0 Å². The molecule has 2 fully saturated rings. The van der Waals surface area contributed by atoms with Crippen molar-refractivity contribution in [1.82, 2.24) is 10.2 Å². The molecule has 2 heterocycles. The van der Waals surface area contributed by atoms with Crippen molar-refractivity contribution < 1.29 is 8.42 Å². The molecule has 5 heteroatoms. The molecule has 0 aromatic carbocycles. The summed E-state index contributed by atoms with van der Waals surface area (Å²) in [6.45, 7) is 6.80. The number of nitrogens with zero attached hydrogens (tertiary/aromatic N) is 1. The summed E-state index contributed by atoms with van der Waals surface area (Å²) in [5, 5.41) is 3.55. The molecule has 0 amide bonds. The fraction of sp³-hybridized carbons (Fsp3) is 1.00. The van der Waals surface area contributed by atoms with Crippen molar-refractivity contribution in [3.63, 3.8) is 0 Å². The Balaban J connectivity index is 1.57. The monoisotopic (exact) mass is 288 g/mol. The molecule has 2 atom stereocenters. The lowest BCUT2D eigenvalue weighted by Gasteiger charge is -2.29. The second kappa shape index (κ2) is 7.04. The third-order valence-electron chi connectivity index (χ3n) is 4.35. The Labute approximate surface area is 117 Å². The minimum absolute atomic E-state index is 0.389. The van der Waals surface area contributed by atoms with Crippen LogP contribution < -0.4 is 5.32 Å². The highest BCUT2D eigenvalue weighted by Crippen LogP contribution is 2.20. The van der Waals surface area contributed by atoms with Crippen LogP contribution in [-0.4, -0.2) is 57.0 Å². The van der Waals surface area contributed by atoms with E-state index >= 15 is 0 Å². The van der Waals surface area contributed by atoms with Crippen LogP contribution in [0.4, 0.5) is 0 Å². The Morgan fingerprint density at radius 2 is 2.00 bits per heavy atom. The molecule has 2 aliphatic heterocycles. The Morgan fingerprint density at radius 1 is 1.26 bits per heavy atom. The van der Waals surface area contributed by atoms with Gasteiger partial charge in [0.25, 0.3) is 0 Å². The molecule has 0 bridgehead atoms. The molecule has 1 N–H and O–H groups in total. The van der Waals surface area contributed by atoms with E-state index in [1.54, 1.807) is 0 Å². The van der Waals surface area contributed by atoms with Crippen LogP contribution >= 0.6 is 0 Å². The van der Waals surface area contributed by atoms with E-state index in [9.17, 15) is 8.42 Å². The van der Waals surface area contributed by atoms with Gasteiger partial charge in [0.15, 0.2) is 9.84 Å². The molecule has 19 heavy (non-hydrogen) atoms. The van der Waals surface area contributed by atoms with Gasteiger partial charge in [0.1, 0.15) is 0 Å². The van der Waals surface area contributed by atoms with Gasteiger partial charge in [-0.2, -0.15) is 0 Å². The van der Waals surface area contributed by atoms with Crippen LogP contribution in [0.2, 0.25) is 0 Å². The molecule has 2 rings (SSSR count). The Bertz CT molecular complexity index is 364. The zero-order valence-electron chi connectivity index (χ0n) is 12.1. The quantitative estimate of drug-likeness (QED) is 0.800. The van der Waals surface area contributed by atoms with Gasteiger partial charge in [-0.1, -0.05) is 6.42 Å². The minimum atomic E-state index is -2.70. The number of hydrogen-bond donors (Lipinski definition) is 1. The second-order valence-electron chi connectivity index (χ2n) is 6.27. The zero-order chi connectivity index (χ0) is 13.7. The number of nitrogens with one attached hydrogen (secondary N) is 1. The van der Waals surface area contributed by atoms with Gasteiger partial charge in [-0.05, 0) is 58.2 Å². The average molecular weight is 288 g/mol. The molecule has 0 aromatic heterocycles. The number of hydrogen-bond acceptors (Lipinski definition) is 4. The van der Waals surface area contributed by atoms with E-state index in [0.29, 0.717) is 23.5 Å². The fourth-order valence-corrected chi connectivity index (χ4v) is 5.14. The maximum absolute atomic E-state index is 11.4. The molecular weight excluding hydrogens is 260 g/mol. The first-order chi connectivity index (χ1) is 9.05. The highest BCUT2D eigenvalue weighted by Gasteiger charge is 2.27. The van der Waals surface area contributed by atoms with E-state index in [1.165, 1.54) is 32.4 Å². The van der Waals surface area contributed by atoms with Crippen LogP contribution in [0.5, 0.6) is 0 Å². The van der Waals surface area contributed by atoms with Gasteiger partial charge < -0.3 is 10.2 Å². The van der Waals surface area contributed by atoms with Crippen molar-refractivity contribution in [2.45, 2.75) is 45.1 Å². The van der Waals surface area contributed by atoms with Crippen molar-refractivity contribution in [3.8, 4) is 0 Å². The third kappa shape index (κ3) is 5.40. The fourth-order valence-electron chi connectivity index (χ4n) is 3.23. The van der Waals surface area contributed by atoms with Gasteiger partial charge in [0, 0.05) is 12.6 Å². The lowest BCUT2D eigenvalue weighted by molar-refractivity contribution is 0.208. The van der Waals surface area contributed by atoms with Crippen molar-refractivity contribution in [2.24, 2.45) is 5.92 Å². The smallest absolute Gasteiger partial charge is 0.150 e. The van der Waals surface area contributed by atoms with Crippen molar-refractivity contribution in [3.05, 3.63) is 0 Å². The summed E-state index contributed by atoms with van der Waals surface area (Å²) in [5.74, 6) is 1.20. The molecule has 0 radical (unpaired) electrons. The second-order valence-corrected chi connectivity index (χ2v) is 8.50. The van der Waals surface area contributed by atoms with Gasteiger partial charge in [0.2, 0.25) is 0 Å². The molecular formula is C14H28N2O2S. The molecule has 0 spiro atoms. The molecule has 2 saturated heterocycles.